The van der Waals surface area contributed by atoms with Crippen molar-refractivity contribution in [2.45, 2.75) is 0 Å². The van der Waals surface area contributed by atoms with E-state index < -0.39 is 23.5 Å². The third-order valence-corrected chi connectivity index (χ3v) is 3.41. The van der Waals surface area contributed by atoms with Crippen LogP contribution in [0.25, 0.3) is 6.08 Å². The van der Waals surface area contributed by atoms with Gasteiger partial charge in [0.15, 0.2) is 0 Å². The smallest absolute Gasteiger partial charge is 0.335 e. The van der Waals surface area contributed by atoms with Crippen molar-refractivity contribution in [2.24, 2.45) is 0 Å². The number of amides is 1. The molecule has 0 saturated carbocycles. The van der Waals surface area contributed by atoms with Gasteiger partial charge in [-0.25, -0.2) is 9.18 Å². The van der Waals surface area contributed by atoms with E-state index in [4.69, 9.17) is 5.11 Å². The second kappa shape index (κ2) is 5.49. The van der Waals surface area contributed by atoms with Crippen LogP contribution >= 0.6 is 0 Å². The average molecular weight is 311 g/mol. The second-order valence-electron chi connectivity index (χ2n) is 4.96. The summed E-state index contributed by atoms with van der Waals surface area (Å²) in [5.74, 6) is -2.88. The Morgan fingerprint density at radius 1 is 1.13 bits per heavy atom. The van der Waals surface area contributed by atoms with Crippen LogP contribution in [0.15, 0.2) is 48.0 Å². The van der Waals surface area contributed by atoms with Crippen molar-refractivity contribution in [1.82, 2.24) is 0 Å². The number of carboxylic acids is 1. The van der Waals surface area contributed by atoms with Crippen molar-refractivity contribution in [2.75, 3.05) is 5.32 Å². The van der Waals surface area contributed by atoms with Gasteiger partial charge in [0, 0.05) is 5.56 Å². The highest BCUT2D eigenvalue weighted by Gasteiger charge is 2.29. The van der Waals surface area contributed by atoms with Gasteiger partial charge in [0.05, 0.1) is 16.8 Å². The highest BCUT2D eigenvalue weighted by Crippen LogP contribution is 2.27. The zero-order chi connectivity index (χ0) is 16.6. The first-order valence-electron chi connectivity index (χ1n) is 6.66. The third kappa shape index (κ3) is 2.74. The Morgan fingerprint density at radius 3 is 2.61 bits per heavy atom. The van der Waals surface area contributed by atoms with Crippen molar-refractivity contribution in [3.63, 3.8) is 0 Å². The van der Waals surface area contributed by atoms with E-state index in [1.165, 1.54) is 42.5 Å². The molecule has 2 N–H and O–H groups in total. The molecule has 0 spiro atoms. The van der Waals surface area contributed by atoms with Gasteiger partial charge in [-0.2, -0.15) is 0 Å². The van der Waals surface area contributed by atoms with Gasteiger partial charge in [0.25, 0.3) is 5.91 Å². The Kier molecular flexibility index (Phi) is 3.50. The molecule has 1 aliphatic heterocycles. The first-order valence-corrected chi connectivity index (χ1v) is 6.66. The maximum Gasteiger partial charge on any atom is 0.335 e. The summed E-state index contributed by atoms with van der Waals surface area (Å²) in [5.41, 5.74) is 0.471. The third-order valence-electron chi connectivity index (χ3n) is 3.41. The maximum absolute atomic E-state index is 13.2. The SMILES string of the molecule is O=C1Nc2ccc(C(=O)O)cc2C(=O)/C1=C\c1cccc(F)c1. The number of halogens is 1. The van der Waals surface area contributed by atoms with E-state index >= 15 is 0 Å². The molecule has 0 bridgehead atoms. The number of carbonyl (C=O) groups excluding carboxylic acids is 2. The predicted molar refractivity (Wildman–Crippen MR) is 80.7 cm³/mol. The molecule has 2 aromatic carbocycles. The average Bonchev–Trinajstić information content (AvgIpc) is 2.51. The number of aromatic carboxylic acids is 1. The van der Waals surface area contributed by atoms with E-state index in [9.17, 15) is 18.8 Å². The molecule has 5 nitrogen and oxygen atoms in total. The lowest BCUT2D eigenvalue weighted by Gasteiger charge is -2.18. The first kappa shape index (κ1) is 14.6. The molecule has 0 unspecified atom stereocenters. The molecule has 0 saturated heterocycles. The molecule has 0 radical (unpaired) electrons. The molecule has 3 rings (SSSR count). The monoisotopic (exact) mass is 311 g/mol. The fraction of sp³-hybridized carbons (Fsp3) is 0. The van der Waals surface area contributed by atoms with Gasteiger partial charge in [-0.15, -0.1) is 0 Å². The van der Waals surface area contributed by atoms with Crippen molar-refractivity contribution < 1.29 is 23.9 Å². The zero-order valence-electron chi connectivity index (χ0n) is 11.7. The summed E-state index contributed by atoms with van der Waals surface area (Å²) in [7, 11) is 0. The van der Waals surface area contributed by atoms with Gasteiger partial charge in [-0.3, -0.25) is 9.59 Å². The molecule has 0 fully saturated rings. The number of fused-ring (bicyclic) bond motifs is 1. The normalized spacial score (nSPS) is 15.3. The topological polar surface area (TPSA) is 83.5 Å². The van der Waals surface area contributed by atoms with E-state index in [-0.39, 0.29) is 22.4 Å². The highest BCUT2D eigenvalue weighted by atomic mass is 19.1. The number of anilines is 1. The standard InChI is InChI=1S/C17H10FNO4/c18-11-3-1-2-9(6-11)7-13-15(20)12-8-10(17(22)23)4-5-14(12)19-16(13)21/h1-8H,(H,19,21)(H,22,23)/b13-7+. The Hall–Kier alpha value is -3.28. The quantitative estimate of drug-likeness (QED) is 0.660. The van der Waals surface area contributed by atoms with Gasteiger partial charge >= 0.3 is 5.97 Å². The minimum atomic E-state index is -1.17. The molecule has 114 valence electrons. The fourth-order valence-corrected chi connectivity index (χ4v) is 2.31. The summed E-state index contributed by atoms with van der Waals surface area (Å²) < 4.78 is 13.2. The van der Waals surface area contributed by atoms with Gasteiger partial charge in [-0.05, 0) is 42.0 Å². The number of nitrogens with one attached hydrogen (secondary N) is 1. The van der Waals surface area contributed by atoms with Crippen LogP contribution in [0.4, 0.5) is 10.1 Å². The van der Waals surface area contributed by atoms with E-state index in [0.29, 0.717) is 5.56 Å². The molecule has 0 aromatic heterocycles. The van der Waals surface area contributed by atoms with Gasteiger partial charge in [0.2, 0.25) is 5.78 Å². The summed E-state index contributed by atoms with van der Waals surface area (Å²) in [6.45, 7) is 0. The van der Waals surface area contributed by atoms with E-state index in [1.807, 2.05) is 0 Å². The maximum atomic E-state index is 13.2. The molecule has 0 aliphatic carbocycles. The van der Waals surface area contributed by atoms with Crippen molar-refractivity contribution in [3.05, 3.63) is 70.5 Å². The summed E-state index contributed by atoms with van der Waals surface area (Å²) in [6, 6.07) is 9.33. The number of hydrogen-bond acceptors (Lipinski definition) is 3. The summed E-state index contributed by atoms with van der Waals surface area (Å²) in [5, 5.41) is 11.5. The van der Waals surface area contributed by atoms with E-state index in [0.717, 1.165) is 0 Å². The minimum absolute atomic E-state index is 0.0571. The lowest BCUT2D eigenvalue weighted by atomic mass is 9.94. The number of ketones is 1. The minimum Gasteiger partial charge on any atom is -0.478 e. The lowest BCUT2D eigenvalue weighted by Crippen LogP contribution is -2.27. The van der Waals surface area contributed by atoms with Crippen LogP contribution < -0.4 is 5.32 Å². The van der Waals surface area contributed by atoms with Crippen LogP contribution in [-0.4, -0.2) is 22.8 Å². The fourth-order valence-electron chi connectivity index (χ4n) is 2.31. The zero-order valence-corrected chi connectivity index (χ0v) is 11.7. The van der Waals surface area contributed by atoms with E-state index in [2.05, 4.69) is 5.32 Å². The van der Waals surface area contributed by atoms with Gasteiger partial charge < -0.3 is 10.4 Å². The molecule has 1 heterocycles. The Bertz CT molecular complexity index is 886. The van der Waals surface area contributed by atoms with Crippen LogP contribution in [0.1, 0.15) is 26.3 Å². The molecule has 23 heavy (non-hydrogen) atoms. The Balaban J connectivity index is 2.08. The van der Waals surface area contributed by atoms with E-state index in [1.54, 1.807) is 6.07 Å². The van der Waals surface area contributed by atoms with Crippen LogP contribution in [0.5, 0.6) is 0 Å². The molecule has 1 amide bonds. The summed E-state index contributed by atoms with van der Waals surface area (Å²) >= 11 is 0. The number of rotatable bonds is 2. The number of Topliss-reactive ketones (excluding diaryl/α,β-unsaturated/α-hetero) is 1. The molecular weight excluding hydrogens is 301 g/mol. The molecule has 6 heteroatoms. The Morgan fingerprint density at radius 2 is 1.91 bits per heavy atom. The predicted octanol–water partition coefficient (Wildman–Crippen LogP) is 2.74. The molecular formula is C17H10FNO4. The summed E-state index contributed by atoms with van der Waals surface area (Å²) in [6.07, 6.45) is 1.27. The van der Waals surface area contributed by atoms with Crippen LogP contribution in [0.3, 0.4) is 0 Å². The van der Waals surface area contributed by atoms with Crippen molar-refractivity contribution in [1.29, 1.82) is 0 Å². The number of benzene rings is 2. The van der Waals surface area contributed by atoms with Crippen LogP contribution in [-0.2, 0) is 4.79 Å². The van der Waals surface area contributed by atoms with Gasteiger partial charge in [0.1, 0.15) is 5.82 Å². The lowest BCUT2D eigenvalue weighted by molar-refractivity contribution is -0.112. The second-order valence-corrected chi connectivity index (χ2v) is 4.96. The highest BCUT2D eigenvalue weighted by molar-refractivity contribution is 6.36. The molecule has 2 aromatic rings. The van der Waals surface area contributed by atoms with Crippen molar-refractivity contribution in [3.8, 4) is 0 Å². The number of carboxylic acid groups (broad SMARTS) is 1. The number of hydrogen-bond donors (Lipinski definition) is 2. The Labute approximate surface area is 130 Å². The molecule has 1 aliphatic rings. The molecule has 0 atom stereocenters. The van der Waals surface area contributed by atoms with Gasteiger partial charge in [-0.1, -0.05) is 12.1 Å². The summed E-state index contributed by atoms with van der Waals surface area (Å²) in [4.78, 5) is 35.6. The van der Waals surface area contributed by atoms with Crippen LogP contribution in [0.2, 0.25) is 0 Å². The first-order chi connectivity index (χ1) is 11.0. The largest absolute Gasteiger partial charge is 0.478 e. The number of carbonyl (C=O) groups is 3. The van der Waals surface area contributed by atoms with Crippen LogP contribution in [0, 0.1) is 5.82 Å². The van der Waals surface area contributed by atoms with Crippen molar-refractivity contribution >= 4 is 29.4 Å².